The molecular formula is C16H26N6O2. The van der Waals surface area contributed by atoms with E-state index >= 15 is 0 Å². The fraction of sp³-hybridized carbons (Fsp3) is 0.688. The summed E-state index contributed by atoms with van der Waals surface area (Å²) in [6.07, 6.45) is 0. The molecule has 3 N–H and O–H groups in total. The molecule has 1 amide bonds. The first-order valence-corrected chi connectivity index (χ1v) is 8.54. The second-order valence-electron chi connectivity index (χ2n) is 6.58. The van der Waals surface area contributed by atoms with Crippen molar-refractivity contribution in [1.82, 2.24) is 14.9 Å². The summed E-state index contributed by atoms with van der Waals surface area (Å²) < 4.78 is 5.36. The zero-order chi connectivity index (χ0) is 17.1. The first-order chi connectivity index (χ1) is 11.5. The number of ether oxygens (including phenoxy) is 1. The smallest absolute Gasteiger partial charge is 0.247 e. The van der Waals surface area contributed by atoms with Gasteiger partial charge in [0.1, 0.15) is 17.6 Å². The van der Waals surface area contributed by atoms with Gasteiger partial charge in [-0.15, -0.1) is 0 Å². The van der Waals surface area contributed by atoms with Gasteiger partial charge in [0, 0.05) is 26.2 Å². The van der Waals surface area contributed by atoms with Gasteiger partial charge in [-0.2, -0.15) is 0 Å². The van der Waals surface area contributed by atoms with Gasteiger partial charge < -0.3 is 20.7 Å². The van der Waals surface area contributed by atoms with Crippen molar-refractivity contribution < 1.29 is 9.53 Å². The van der Waals surface area contributed by atoms with E-state index in [1.54, 1.807) is 0 Å². The summed E-state index contributed by atoms with van der Waals surface area (Å²) in [6, 6.07) is -0.270. The summed E-state index contributed by atoms with van der Waals surface area (Å²) in [4.78, 5) is 23.5. The number of morpholine rings is 1. The molecule has 2 aliphatic rings. The van der Waals surface area contributed by atoms with Crippen molar-refractivity contribution in [2.75, 3.05) is 55.3 Å². The lowest BCUT2D eigenvalue weighted by Crippen LogP contribution is -2.43. The van der Waals surface area contributed by atoms with Gasteiger partial charge in [0.2, 0.25) is 5.91 Å². The molecule has 2 aliphatic heterocycles. The van der Waals surface area contributed by atoms with E-state index in [0.717, 1.165) is 39.4 Å². The quantitative estimate of drug-likeness (QED) is 0.737. The zero-order valence-corrected chi connectivity index (χ0v) is 14.6. The van der Waals surface area contributed by atoms with E-state index < -0.39 is 0 Å². The van der Waals surface area contributed by atoms with Crippen LogP contribution in [-0.4, -0.2) is 66.2 Å². The Hall–Kier alpha value is -1.93. The Kier molecular flexibility index (Phi) is 5.15. The monoisotopic (exact) mass is 334 g/mol. The molecule has 0 bridgehead atoms. The largest absolute Gasteiger partial charge is 0.379 e. The van der Waals surface area contributed by atoms with Crippen molar-refractivity contribution >= 4 is 23.2 Å². The molecule has 1 aromatic heterocycles. The number of carbonyl (C=O) groups excluding carboxylic acids is 1. The van der Waals surface area contributed by atoms with Crippen LogP contribution < -0.4 is 16.0 Å². The number of nitrogens with zero attached hydrogens (tertiary/aromatic N) is 3. The lowest BCUT2D eigenvalue weighted by atomic mass is 10.0. The van der Waals surface area contributed by atoms with Crippen LogP contribution in [0.5, 0.6) is 0 Å². The molecule has 0 spiro atoms. The zero-order valence-electron chi connectivity index (χ0n) is 14.6. The fourth-order valence-corrected chi connectivity index (χ4v) is 2.96. The van der Waals surface area contributed by atoms with Gasteiger partial charge in [-0.3, -0.25) is 9.69 Å². The average Bonchev–Trinajstić information content (AvgIpc) is 2.55. The summed E-state index contributed by atoms with van der Waals surface area (Å²) in [7, 11) is 0. The molecule has 3 heterocycles. The predicted octanol–water partition coefficient (Wildman–Crippen LogP) is 0.918. The highest BCUT2D eigenvalue weighted by Crippen LogP contribution is 2.32. The van der Waals surface area contributed by atoms with Crippen LogP contribution >= 0.6 is 0 Å². The van der Waals surface area contributed by atoms with E-state index in [1.165, 1.54) is 0 Å². The third-order valence-electron chi connectivity index (χ3n) is 4.33. The highest BCUT2D eigenvalue weighted by molar-refractivity contribution is 6.05. The molecule has 0 aliphatic carbocycles. The van der Waals surface area contributed by atoms with Crippen LogP contribution in [-0.2, 0) is 9.53 Å². The van der Waals surface area contributed by atoms with Crippen molar-refractivity contribution in [2.24, 2.45) is 5.92 Å². The SMILES string of the molecule is Cc1nc(NCCN2CCOCC2)c2c(n1)NC(C(C)C)C(=O)N2. The minimum absolute atomic E-state index is 0.0406. The predicted molar refractivity (Wildman–Crippen MR) is 93.4 cm³/mol. The van der Waals surface area contributed by atoms with Crippen LogP contribution in [0.1, 0.15) is 19.7 Å². The third-order valence-corrected chi connectivity index (χ3v) is 4.33. The van der Waals surface area contributed by atoms with E-state index in [2.05, 4.69) is 30.8 Å². The summed E-state index contributed by atoms with van der Waals surface area (Å²) in [5, 5.41) is 9.53. The molecule has 0 radical (unpaired) electrons. The van der Waals surface area contributed by atoms with Gasteiger partial charge in [-0.25, -0.2) is 9.97 Å². The maximum atomic E-state index is 12.3. The number of amides is 1. The van der Waals surface area contributed by atoms with Crippen molar-refractivity contribution in [2.45, 2.75) is 26.8 Å². The van der Waals surface area contributed by atoms with Crippen molar-refractivity contribution in [3.63, 3.8) is 0 Å². The van der Waals surface area contributed by atoms with Gasteiger partial charge in [0.05, 0.1) is 13.2 Å². The maximum absolute atomic E-state index is 12.3. The van der Waals surface area contributed by atoms with Crippen LogP contribution in [0.4, 0.5) is 17.3 Å². The Balaban J connectivity index is 1.69. The molecule has 8 heteroatoms. The second kappa shape index (κ2) is 7.31. The maximum Gasteiger partial charge on any atom is 0.247 e. The van der Waals surface area contributed by atoms with Gasteiger partial charge in [-0.1, -0.05) is 13.8 Å². The number of hydrogen-bond acceptors (Lipinski definition) is 7. The van der Waals surface area contributed by atoms with E-state index in [-0.39, 0.29) is 17.9 Å². The van der Waals surface area contributed by atoms with E-state index in [0.29, 0.717) is 23.1 Å². The molecule has 1 saturated heterocycles. The fourth-order valence-electron chi connectivity index (χ4n) is 2.96. The van der Waals surface area contributed by atoms with Gasteiger partial charge in [0.25, 0.3) is 0 Å². The number of rotatable bonds is 5. The molecule has 0 aromatic carbocycles. The molecule has 8 nitrogen and oxygen atoms in total. The summed E-state index contributed by atoms with van der Waals surface area (Å²) in [5.41, 5.74) is 0.643. The number of carbonyl (C=O) groups is 1. The normalized spacial score (nSPS) is 21.2. The number of anilines is 3. The topological polar surface area (TPSA) is 91.4 Å². The molecule has 1 unspecified atom stereocenters. The number of aryl methyl sites for hydroxylation is 1. The van der Waals surface area contributed by atoms with Crippen LogP contribution in [0.3, 0.4) is 0 Å². The molecular weight excluding hydrogens is 308 g/mol. The van der Waals surface area contributed by atoms with Crippen LogP contribution in [0.15, 0.2) is 0 Å². The number of hydrogen-bond donors (Lipinski definition) is 3. The molecule has 24 heavy (non-hydrogen) atoms. The molecule has 0 saturated carbocycles. The van der Waals surface area contributed by atoms with Crippen molar-refractivity contribution in [3.8, 4) is 0 Å². The first kappa shape index (κ1) is 16.9. The number of fused-ring (bicyclic) bond motifs is 1. The Morgan fingerprint density at radius 2 is 2.08 bits per heavy atom. The Labute approximate surface area is 142 Å². The van der Waals surface area contributed by atoms with Crippen molar-refractivity contribution in [3.05, 3.63) is 5.82 Å². The highest BCUT2D eigenvalue weighted by atomic mass is 16.5. The molecule has 1 atom stereocenters. The highest BCUT2D eigenvalue weighted by Gasteiger charge is 2.31. The average molecular weight is 334 g/mol. The lowest BCUT2D eigenvalue weighted by Gasteiger charge is -2.30. The van der Waals surface area contributed by atoms with E-state index in [9.17, 15) is 4.79 Å². The van der Waals surface area contributed by atoms with Gasteiger partial charge in [0.15, 0.2) is 11.6 Å². The molecule has 1 aromatic rings. The van der Waals surface area contributed by atoms with Crippen LogP contribution in [0.2, 0.25) is 0 Å². The molecule has 132 valence electrons. The standard InChI is InChI=1S/C16H26N6O2/c1-10(2)12-16(23)21-13-14(18-11(3)19-15(13)20-12)17-4-5-22-6-8-24-9-7-22/h10,12H,4-9H2,1-3H3,(H,21,23)(H2,17,18,19,20). The van der Waals surface area contributed by atoms with E-state index in [1.807, 2.05) is 20.8 Å². The van der Waals surface area contributed by atoms with Crippen LogP contribution in [0, 0.1) is 12.8 Å². The summed E-state index contributed by atoms with van der Waals surface area (Å²) >= 11 is 0. The summed E-state index contributed by atoms with van der Waals surface area (Å²) in [5.74, 6) is 2.18. The van der Waals surface area contributed by atoms with Crippen molar-refractivity contribution in [1.29, 1.82) is 0 Å². The summed E-state index contributed by atoms with van der Waals surface area (Å²) in [6.45, 7) is 11.0. The minimum atomic E-state index is -0.270. The Bertz CT molecular complexity index is 600. The molecule has 3 rings (SSSR count). The Morgan fingerprint density at radius 1 is 1.33 bits per heavy atom. The van der Waals surface area contributed by atoms with E-state index in [4.69, 9.17) is 4.74 Å². The number of aromatic nitrogens is 2. The lowest BCUT2D eigenvalue weighted by molar-refractivity contribution is -0.117. The Morgan fingerprint density at radius 3 is 2.79 bits per heavy atom. The van der Waals surface area contributed by atoms with Crippen LogP contribution in [0.25, 0.3) is 0 Å². The third kappa shape index (κ3) is 3.76. The second-order valence-corrected chi connectivity index (χ2v) is 6.58. The first-order valence-electron chi connectivity index (χ1n) is 8.54. The van der Waals surface area contributed by atoms with Gasteiger partial charge >= 0.3 is 0 Å². The number of nitrogens with one attached hydrogen (secondary N) is 3. The minimum Gasteiger partial charge on any atom is -0.379 e. The molecule has 1 fully saturated rings. The van der Waals surface area contributed by atoms with Gasteiger partial charge in [-0.05, 0) is 12.8 Å².